The first-order chi connectivity index (χ1) is 19.5. The third-order valence-corrected chi connectivity index (χ3v) is 7.75. The summed E-state index contributed by atoms with van der Waals surface area (Å²) in [5.74, 6) is -1.23. The van der Waals surface area contributed by atoms with Crippen LogP contribution < -0.4 is 10.6 Å². The third-order valence-electron chi connectivity index (χ3n) is 7.52. The number of nitrogens with one attached hydrogen (secondary N) is 2. The zero-order valence-electron chi connectivity index (χ0n) is 23.4. The van der Waals surface area contributed by atoms with Crippen LogP contribution in [0.4, 0.5) is 4.79 Å². The SMILES string of the molecule is CC(C)(C)OC(=O)NCc1ccc(Cl)cc1CN1CCC[C@H]1C(=O)NC(=O)C1(O)c2ccccc2-c2ccccc21. The van der Waals surface area contributed by atoms with Crippen LogP contribution in [0.25, 0.3) is 11.1 Å². The Hall–Kier alpha value is -3.72. The molecule has 1 saturated heterocycles. The Morgan fingerprint density at radius 1 is 1.00 bits per heavy atom. The Bertz CT molecular complexity index is 1450. The number of hydrogen-bond acceptors (Lipinski definition) is 6. The van der Waals surface area contributed by atoms with E-state index in [4.69, 9.17) is 16.3 Å². The van der Waals surface area contributed by atoms with Gasteiger partial charge >= 0.3 is 6.09 Å². The lowest BCUT2D eigenvalue weighted by Gasteiger charge is -2.28. The Labute approximate surface area is 244 Å². The Kier molecular flexibility index (Phi) is 7.92. The molecule has 3 aromatic rings. The van der Waals surface area contributed by atoms with E-state index in [-0.39, 0.29) is 6.54 Å². The van der Waals surface area contributed by atoms with Crippen LogP contribution in [0, 0.1) is 0 Å². The van der Waals surface area contributed by atoms with Crippen LogP contribution in [0.1, 0.15) is 55.9 Å². The number of fused-ring (bicyclic) bond motifs is 3. The van der Waals surface area contributed by atoms with E-state index in [2.05, 4.69) is 10.6 Å². The maximum atomic E-state index is 13.6. The molecule has 2 aliphatic rings. The van der Waals surface area contributed by atoms with E-state index in [0.29, 0.717) is 35.7 Å². The van der Waals surface area contributed by atoms with Crippen LogP contribution >= 0.6 is 11.6 Å². The van der Waals surface area contributed by atoms with Crippen LogP contribution in [-0.4, -0.2) is 46.1 Å². The fraction of sp³-hybridized carbons (Fsp3) is 0.344. The molecule has 3 amide bonds. The largest absolute Gasteiger partial charge is 0.444 e. The number of rotatable bonds is 6. The Balaban J connectivity index is 1.31. The van der Waals surface area contributed by atoms with Crippen molar-refractivity contribution in [3.63, 3.8) is 0 Å². The van der Waals surface area contributed by atoms with Gasteiger partial charge in [-0.15, -0.1) is 0 Å². The van der Waals surface area contributed by atoms with E-state index in [1.807, 2.05) is 41.3 Å². The lowest BCUT2D eigenvalue weighted by molar-refractivity contribution is -0.142. The molecule has 0 radical (unpaired) electrons. The zero-order valence-corrected chi connectivity index (χ0v) is 24.1. The molecule has 1 atom stereocenters. The summed E-state index contributed by atoms with van der Waals surface area (Å²) in [6, 6.07) is 19.2. The van der Waals surface area contributed by atoms with Crippen molar-refractivity contribution < 1.29 is 24.2 Å². The number of hydrogen-bond donors (Lipinski definition) is 3. The first-order valence-corrected chi connectivity index (χ1v) is 14.1. The molecule has 41 heavy (non-hydrogen) atoms. The highest BCUT2D eigenvalue weighted by atomic mass is 35.5. The number of likely N-dealkylation sites (tertiary alicyclic amines) is 1. The van der Waals surface area contributed by atoms with E-state index in [1.165, 1.54) is 0 Å². The Morgan fingerprint density at radius 3 is 2.27 bits per heavy atom. The lowest BCUT2D eigenvalue weighted by Crippen LogP contribution is -2.51. The number of halogens is 1. The summed E-state index contributed by atoms with van der Waals surface area (Å²) in [7, 11) is 0. The zero-order chi connectivity index (χ0) is 29.4. The summed E-state index contributed by atoms with van der Waals surface area (Å²) < 4.78 is 5.34. The maximum Gasteiger partial charge on any atom is 0.407 e. The van der Waals surface area contributed by atoms with Crippen LogP contribution in [0.15, 0.2) is 66.7 Å². The van der Waals surface area contributed by atoms with Gasteiger partial charge in [-0.05, 0) is 74.5 Å². The van der Waals surface area contributed by atoms with E-state index in [1.54, 1.807) is 51.1 Å². The quantitative estimate of drug-likeness (QED) is 0.361. The highest BCUT2D eigenvalue weighted by Crippen LogP contribution is 2.47. The standard InChI is InChI=1S/C32H34ClN3O5/c1-31(2,3)41-30(39)34-18-20-14-15-22(33)17-21(20)19-36-16-8-13-27(36)28(37)35-29(38)32(40)25-11-6-4-9-23(25)24-10-5-7-12-26(24)32/h4-7,9-12,14-15,17,27,40H,8,13,16,18-19H2,1-3H3,(H,34,39)(H,35,37,38)/t27-/m0/s1. The van der Waals surface area contributed by atoms with Gasteiger partial charge in [-0.25, -0.2) is 4.79 Å². The summed E-state index contributed by atoms with van der Waals surface area (Å²) in [4.78, 5) is 41.3. The molecule has 0 spiro atoms. The first kappa shape index (κ1) is 28.8. The van der Waals surface area contributed by atoms with Crippen LogP contribution in [0.2, 0.25) is 5.02 Å². The molecule has 0 bridgehead atoms. The van der Waals surface area contributed by atoms with Crippen molar-refractivity contribution in [2.75, 3.05) is 6.54 Å². The molecular formula is C32H34ClN3O5. The average Bonchev–Trinajstić information content (AvgIpc) is 3.49. The summed E-state index contributed by atoms with van der Waals surface area (Å²) in [5, 5.41) is 17.6. The molecular weight excluding hydrogens is 542 g/mol. The molecule has 8 nitrogen and oxygen atoms in total. The fourth-order valence-electron chi connectivity index (χ4n) is 5.67. The minimum atomic E-state index is -1.97. The van der Waals surface area contributed by atoms with Crippen molar-refractivity contribution >= 4 is 29.5 Å². The number of benzene rings is 3. The van der Waals surface area contributed by atoms with Gasteiger partial charge in [0.15, 0.2) is 5.60 Å². The molecule has 0 saturated carbocycles. The molecule has 9 heteroatoms. The van der Waals surface area contributed by atoms with Gasteiger partial charge in [0.2, 0.25) is 5.91 Å². The molecule has 1 heterocycles. The van der Waals surface area contributed by atoms with E-state index < -0.39 is 35.2 Å². The second-order valence-electron chi connectivity index (χ2n) is 11.5. The van der Waals surface area contributed by atoms with Crippen LogP contribution in [-0.2, 0) is 33.0 Å². The van der Waals surface area contributed by atoms with Gasteiger partial charge in [0, 0.05) is 29.2 Å². The molecule has 3 N–H and O–H groups in total. The second-order valence-corrected chi connectivity index (χ2v) is 12.0. The van der Waals surface area contributed by atoms with Crippen molar-refractivity contribution in [2.24, 2.45) is 0 Å². The van der Waals surface area contributed by atoms with E-state index >= 15 is 0 Å². The molecule has 5 rings (SSSR count). The molecule has 0 aromatic heterocycles. The van der Waals surface area contributed by atoms with Crippen molar-refractivity contribution in [2.45, 2.75) is 63.9 Å². The van der Waals surface area contributed by atoms with Gasteiger partial charge in [-0.1, -0.05) is 66.2 Å². The minimum Gasteiger partial charge on any atom is -0.444 e. The predicted molar refractivity (Wildman–Crippen MR) is 156 cm³/mol. The summed E-state index contributed by atoms with van der Waals surface area (Å²) in [6.45, 7) is 6.67. The molecule has 3 aromatic carbocycles. The molecule has 1 aliphatic heterocycles. The highest BCUT2D eigenvalue weighted by Gasteiger charge is 2.48. The smallest absolute Gasteiger partial charge is 0.407 e. The monoisotopic (exact) mass is 575 g/mol. The average molecular weight is 576 g/mol. The summed E-state index contributed by atoms with van der Waals surface area (Å²) >= 11 is 6.31. The second kappa shape index (κ2) is 11.3. The minimum absolute atomic E-state index is 0.233. The molecule has 0 unspecified atom stereocenters. The van der Waals surface area contributed by atoms with Crippen molar-refractivity contribution in [1.82, 2.24) is 15.5 Å². The highest BCUT2D eigenvalue weighted by molar-refractivity contribution is 6.30. The van der Waals surface area contributed by atoms with E-state index in [0.717, 1.165) is 28.7 Å². The third kappa shape index (κ3) is 5.86. The van der Waals surface area contributed by atoms with Gasteiger partial charge < -0.3 is 15.2 Å². The topological polar surface area (TPSA) is 108 Å². The number of ether oxygens (including phenoxy) is 1. The van der Waals surface area contributed by atoms with Crippen molar-refractivity contribution in [3.8, 4) is 11.1 Å². The fourth-order valence-corrected chi connectivity index (χ4v) is 5.86. The van der Waals surface area contributed by atoms with Crippen molar-refractivity contribution in [3.05, 3.63) is 94.0 Å². The molecule has 1 aliphatic carbocycles. The van der Waals surface area contributed by atoms with E-state index in [9.17, 15) is 19.5 Å². The van der Waals surface area contributed by atoms with Gasteiger partial charge in [0.25, 0.3) is 5.91 Å². The number of carbonyl (C=O) groups excluding carboxylic acids is 3. The van der Waals surface area contributed by atoms with Crippen LogP contribution in [0.3, 0.4) is 0 Å². The predicted octanol–water partition coefficient (Wildman–Crippen LogP) is 4.89. The van der Waals surface area contributed by atoms with Gasteiger partial charge in [-0.3, -0.25) is 19.8 Å². The lowest BCUT2D eigenvalue weighted by atomic mass is 9.90. The first-order valence-electron chi connectivity index (χ1n) is 13.7. The maximum absolute atomic E-state index is 13.6. The number of amides is 3. The number of alkyl carbamates (subject to hydrolysis) is 1. The molecule has 1 fully saturated rings. The number of imide groups is 1. The van der Waals surface area contributed by atoms with Crippen molar-refractivity contribution in [1.29, 1.82) is 0 Å². The summed E-state index contributed by atoms with van der Waals surface area (Å²) in [5.41, 5.74) is 1.56. The molecule has 214 valence electrons. The van der Waals surface area contributed by atoms with Gasteiger partial charge in [0.05, 0.1) is 6.04 Å². The van der Waals surface area contributed by atoms with Gasteiger partial charge in [-0.2, -0.15) is 0 Å². The number of aliphatic hydroxyl groups is 1. The number of nitrogens with zero attached hydrogens (tertiary/aromatic N) is 1. The van der Waals surface area contributed by atoms with Crippen LogP contribution in [0.5, 0.6) is 0 Å². The number of carbonyl (C=O) groups is 3. The van der Waals surface area contributed by atoms with Gasteiger partial charge in [0.1, 0.15) is 5.60 Å². The normalized spacial score (nSPS) is 17.4. The Morgan fingerprint density at radius 2 is 1.63 bits per heavy atom. The summed E-state index contributed by atoms with van der Waals surface area (Å²) in [6.07, 6.45) is 0.814.